The number of aromatic nitrogens is 1. The van der Waals surface area contributed by atoms with E-state index < -0.39 is 0 Å². The number of nitrogens with zero attached hydrogens (tertiary/aromatic N) is 1. The van der Waals surface area contributed by atoms with Crippen LogP contribution in [0.25, 0.3) is 0 Å². The molecule has 0 unspecified atom stereocenters. The predicted octanol–water partition coefficient (Wildman–Crippen LogP) is 3.23. The van der Waals surface area contributed by atoms with E-state index in [9.17, 15) is 0 Å². The standard InChI is InChI=1S/C13H14NO/c1-10-7-11(2)9-12(8-10)15-13-5-4-6-14(13)3/h5-9H,1-3H3. The molecule has 0 fully saturated rings. The van der Waals surface area contributed by atoms with Crippen LogP contribution in [0.2, 0.25) is 0 Å². The molecule has 0 N–H and O–H groups in total. The first-order chi connectivity index (χ1) is 7.15. The van der Waals surface area contributed by atoms with Crippen LogP contribution in [0.4, 0.5) is 0 Å². The van der Waals surface area contributed by atoms with Crippen molar-refractivity contribution in [1.82, 2.24) is 4.57 Å². The molecule has 1 aromatic carbocycles. The maximum absolute atomic E-state index is 5.74. The topological polar surface area (TPSA) is 14.2 Å². The average molecular weight is 200 g/mol. The number of rotatable bonds is 2. The van der Waals surface area contributed by atoms with Crippen LogP contribution in [-0.2, 0) is 7.05 Å². The summed E-state index contributed by atoms with van der Waals surface area (Å²) in [4.78, 5) is 0. The van der Waals surface area contributed by atoms with E-state index >= 15 is 0 Å². The quantitative estimate of drug-likeness (QED) is 0.726. The van der Waals surface area contributed by atoms with E-state index in [1.807, 2.05) is 36.0 Å². The lowest BCUT2D eigenvalue weighted by atomic mass is 10.1. The molecule has 0 spiro atoms. The summed E-state index contributed by atoms with van der Waals surface area (Å²) in [7, 11) is 1.94. The lowest BCUT2D eigenvalue weighted by molar-refractivity contribution is 0.442. The highest BCUT2D eigenvalue weighted by molar-refractivity contribution is 5.35. The third kappa shape index (κ3) is 2.21. The van der Waals surface area contributed by atoms with E-state index in [-0.39, 0.29) is 0 Å². The van der Waals surface area contributed by atoms with Gasteiger partial charge in [0, 0.05) is 25.4 Å². The third-order valence-electron chi connectivity index (χ3n) is 2.24. The Balaban J connectivity index is 2.28. The molecule has 0 bridgehead atoms. The molecule has 1 aromatic heterocycles. The zero-order valence-corrected chi connectivity index (χ0v) is 9.24. The molecule has 1 heterocycles. The van der Waals surface area contributed by atoms with Gasteiger partial charge in [-0.05, 0) is 37.1 Å². The first-order valence-electron chi connectivity index (χ1n) is 4.94. The van der Waals surface area contributed by atoms with Gasteiger partial charge in [0.2, 0.25) is 0 Å². The van der Waals surface area contributed by atoms with Crippen molar-refractivity contribution in [3.8, 4) is 11.6 Å². The lowest BCUT2D eigenvalue weighted by Gasteiger charge is -2.08. The number of hydrogen-bond acceptors (Lipinski definition) is 1. The molecule has 0 aliphatic carbocycles. The van der Waals surface area contributed by atoms with Crippen molar-refractivity contribution in [2.24, 2.45) is 7.05 Å². The molecule has 15 heavy (non-hydrogen) atoms. The SMILES string of the molecule is Cc1cc(C)cc(Oc2c[c]cn2C)c1. The summed E-state index contributed by atoms with van der Waals surface area (Å²) in [5, 5.41) is 0. The van der Waals surface area contributed by atoms with E-state index in [0.717, 1.165) is 11.6 Å². The number of ether oxygens (including phenoxy) is 1. The van der Waals surface area contributed by atoms with Crippen molar-refractivity contribution < 1.29 is 4.74 Å². The maximum Gasteiger partial charge on any atom is 0.200 e. The Kier molecular flexibility index (Phi) is 2.50. The normalized spacial score (nSPS) is 10.3. The lowest BCUT2D eigenvalue weighted by Crippen LogP contribution is -1.92. The zero-order valence-electron chi connectivity index (χ0n) is 9.24. The van der Waals surface area contributed by atoms with Crippen LogP contribution < -0.4 is 4.74 Å². The second-order valence-corrected chi connectivity index (χ2v) is 3.81. The van der Waals surface area contributed by atoms with Gasteiger partial charge in [0.1, 0.15) is 5.75 Å². The van der Waals surface area contributed by atoms with Gasteiger partial charge in [-0.2, -0.15) is 0 Å². The summed E-state index contributed by atoms with van der Waals surface area (Å²) in [6, 6.07) is 11.0. The molecule has 0 aliphatic heterocycles. The molecule has 0 atom stereocenters. The fraction of sp³-hybridized carbons (Fsp3) is 0.231. The van der Waals surface area contributed by atoms with Gasteiger partial charge in [0.05, 0.1) is 0 Å². The summed E-state index contributed by atoms with van der Waals surface area (Å²) in [5.41, 5.74) is 2.42. The van der Waals surface area contributed by atoms with Crippen molar-refractivity contribution in [2.75, 3.05) is 0 Å². The van der Waals surface area contributed by atoms with Crippen LogP contribution in [0.5, 0.6) is 11.6 Å². The first-order valence-corrected chi connectivity index (χ1v) is 4.94. The highest BCUT2D eigenvalue weighted by atomic mass is 16.5. The van der Waals surface area contributed by atoms with Crippen molar-refractivity contribution in [1.29, 1.82) is 0 Å². The Morgan fingerprint density at radius 2 is 1.80 bits per heavy atom. The minimum atomic E-state index is 0.806. The van der Waals surface area contributed by atoms with Crippen molar-refractivity contribution >= 4 is 0 Å². The van der Waals surface area contributed by atoms with Crippen molar-refractivity contribution in [3.63, 3.8) is 0 Å². The molecule has 77 valence electrons. The Morgan fingerprint density at radius 3 is 2.33 bits per heavy atom. The molecule has 1 radical (unpaired) electrons. The van der Waals surface area contributed by atoms with Gasteiger partial charge in [0.15, 0.2) is 5.88 Å². The monoisotopic (exact) mass is 200 g/mol. The van der Waals surface area contributed by atoms with Gasteiger partial charge in [-0.1, -0.05) is 6.07 Å². The van der Waals surface area contributed by atoms with Gasteiger partial charge in [-0.15, -0.1) is 0 Å². The summed E-state index contributed by atoms with van der Waals surface area (Å²) < 4.78 is 7.64. The van der Waals surface area contributed by atoms with Crippen LogP contribution in [-0.4, -0.2) is 4.57 Å². The van der Waals surface area contributed by atoms with E-state index in [1.54, 1.807) is 0 Å². The number of benzene rings is 1. The molecule has 2 nitrogen and oxygen atoms in total. The van der Waals surface area contributed by atoms with Gasteiger partial charge < -0.3 is 9.30 Å². The Hall–Kier alpha value is -1.70. The fourth-order valence-electron chi connectivity index (χ4n) is 1.60. The average Bonchev–Trinajstić information content (AvgIpc) is 2.50. The van der Waals surface area contributed by atoms with Gasteiger partial charge in [-0.25, -0.2) is 0 Å². The molecule has 0 amide bonds. The fourth-order valence-corrected chi connectivity index (χ4v) is 1.60. The number of aryl methyl sites for hydroxylation is 3. The molecular formula is C13H14NO. The predicted molar refractivity (Wildman–Crippen MR) is 60.2 cm³/mol. The van der Waals surface area contributed by atoms with Crippen molar-refractivity contribution in [2.45, 2.75) is 13.8 Å². The second kappa shape index (κ2) is 3.81. The van der Waals surface area contributed by atoms with Crippen LogP contribution in [0.15, 0.2) is 30.5 Å². The van der Waals surface area contributed by atoms with Crippen LogP contribution in [0, 0.1) is 19.9 Å². The largest absolute Gasteiger partial charge is 0.441 e. The molecule has 2 rings (SSSR count). The third-order valence-corrected chi connectivity index (χ3v) is 2.24. The Bertz CT molecular complexity index is 451. The van der Waals surface area contributed by atoms with Gasteiger partial charge >= 0.3 is 0 Å². The van der Waals surface area contributed by atoms with E-state index in [0.29, 0.717) is 0 Å². The summed E-state index contributed by atoms with van der Waals surface area (Å²) in [6.45, 7) is 4.13. The summed E-state index contributed by atoms with van der Waals surface area (Å²) >= 11 is 0. The summed E-state index contributed by atoms with van der Waals surface area (Å²) in [6.07, 6.45) is 1.85. The maximum atomic E-state index is 5.74. The van der Waals surface area contributed by atoms with E-state index in [2.05, 4.69) is 26.0 Å². The zero-order chi connectivity index (χ0) is 10.8. The van der Waals surface area contributed by atoms with E-state index in [1.165, 1.54) is 11.1 Å². The number of hydrogen-bond donors (Lipinski definition) is 0. The highest BCUT2D eigenvalue weighted by Crippen LogP contribution is 2.23. The molecular weight excluding hydrogens is 186 g/mol. The minimum Gasteiger partial charge on any atom is -0.441 e. The van der Waals surface area contributed by atoms with Crippen LogP contribution in [0.3, 0.4) is 0 Å². The highest BCUT2D eigenvalue weighted by Gasteiger charge is 2.01. The molecule has 2 aromatic rings. The Morgan fingerprint density at radius 1 is 1.13 bits per heavy atom. The molecule has 0 aliphatic rings. The van der Waals surface area contributed by atoms with Gasteiger partial charge in [0.25, 0.3) is 0 Å². The first kappa shape index (κ1) is 9.84. The van der Waals surface area contributed by atoms with Crippen molar-refractivity contribution in [3.05, 3.63) is 47.7 Å². The van der Waals surface area contributed by atoms with Crippen LogP contribution in [0.1, 0.15) is 11.1 Å². The van der Waals surface area contributed by atoms with Gasteiger partial charge in [-0.3, -0.25) is 0 Å². The second-order valence-electron chi connectivity index (χ2n) is 3.81. The summed E-state index contributed by atoms with van der Waals surface area (Å²) in [5.74, 6) is 1.68. The molecule has 0 saturated carbocycles. The Labute approximate surface area is 90.1 Å². The van der Waals surface area contributed by atoms with Crippen LogP contribution >= 0.6 is 0 Å². The minimum absolute atomic E-state index is 0.806. The molecule has 2 heteroatoms. The molecule has 0 saturated heterocycles. The van der Waals surface area contributed by atoms with E-state index in [4.69, 9.17) is 4.74 Å². The smallest absolute Gasteiger partial charge is 0.200 e.